The van der Waals surface area contributed by atoms with E-state index >= 15 is 0 Å². The van der Waals surface area contributed by atoms with Crippen molar-refractivity contribution in [3.63, 3.8) is 0 Å². The van der Waals surface area contributed by atoms with Gasteiger partial charge in [0.1, 0.15) is 23.9 Å². The molecule has 286 valence electrons. The minimum atomic E-state index is -0.776. The number of hydrogen-bond donors (Lipinski definition) is 0. The Bertz CT molecular complexity index is 2190. The second kappa shape index (κ2) is 15.4. The molecule has 2 amide bonds. The quantitative estimate of drug-likeness (QED) is 0.170. The van der Waals surface area contributed by atoms with Gasteiger partial charge in [0.15, 0.2) is 12.5 Å². The molecule has 0 N–H and O–H groups in total. The Kier molecular flexibility index (Phi) is 10.3. The first-order valence-corrected chi connectivity index (χ1v) is 19.2. The first-order chi connectivity index (χ1) is 27.3. The molecule has 0 aromatic heterocycles. The lowest BCUT2D eigenvalue weighted by atomic mass is 9.60. The van der Waals surface area contributed by atoms with Crippen molar-refractivity contribution in [1.29, 1.82) is 0 Å². The molecule has 2 spiro atoms. The number of aldehydes is 1. The van der Waals surface area contributed by atoms with E-state index in [0.29, 0.717) is 25.5 Å². The standard InChI is InChI=1S/C23H22N2O3.C13H14N2O2.C10H10O/c1-27-20-22-13-18-11-16-9-5-6-10-17(16)12-23(18,24-20)21(26)25(22)19(28-14-22)15-7-3-2-4-8-15;1-9-11-8-17-13(10-5-3-2-4-6-10)15(11)12(16)7-14-9;1-2-5-9-6-3-4-7-10(9)8-11/h2-10,18-19H,11-14H2,1H3;2-6,11,13H,7-8H2,1H3;2-4,6-8H,1,5H2/t18-,19-,22?,23?;11-,13+;/m10./s1. The largest absolute Gasteiger partial charge is 0.483 e. The van der Waals surface area contributed by atoms with E-state index in [1.807, 2.05) is 108 Å². The van der Waals surface area contributed by atoms with Gasteiger partial charge in [0, 0.05) is 34.7 Å². The van der Waals surface area contributed by atoms with Gasteiger partial charge in [0.2, 0.25) is 11.8 Å². The number of amides is 2. The number of hydrogen-bond acceptors (Lipinski definition) is 8. The number of nitrogens with zero attached hydrogens (tertiary/aromatic N) is 4. The molecule has 10 nitrogen and oxygen atoms in total. The molecule has 0 saturated carbocycles. The fourth-order valence-electron chi connectivity index (χ4n) is 9.14. The molecular formula is C46H46N4O6. The lowest BCUT2D eigenvalue weighted by Gasteiger charge is -2.58. The van der Waals surface area contributed by atoms with E-state index in [9.17, 15) is 14.4 Å². The van der Waals surface area contributed by atoms with Crippen LogP contribution in [0.4, 0.5) is 0 Å². The van der Waals surface area contributed by atoms with E-state index in [4.69, 9.17) is 19.2 Å². The molecule has 4 aromatic rings. The highest BCUT2D eigenvalue weighted by Crippen LogP contribution is 2.57. The normalized spacial score (nSPS) is 27.8. The third-order valence-electron chi connectivity index (χ3n) is 11.9. The average molecular weight is 751 g/mol. The summed E-state index contributed by atoms with van der Waals surface area (Å²) < 4.78 is 17.8. The van der Waals surface area contributed by atoms with Gasteiger partial charge in [0.25, 0.3) is 5.91 Å². The molecule has 2 bridgehead atoms. The van der Waals surface area contributed by atoms with Crippen molar-refractivity contribution in [2.75, 3.05) is 26.9 Å². The predicted molar refractivity (Wildman–Crippen MR) is 213 cm³/mol. The highest BCUT2D eigenvalue weighted by atomic mass is 16.5. The zero-order chi connectivity index (χ0) is 38.9. The van der Waals surface area contributed by atoms with Crippen LogP contribution in [0.25, 0.3) is 0 Å². The molecule has 11 rings (SSSR count). The smallest absolute Gasteiger partial charge is 0.254 e. The maximum Gasteiger partial charge on any atom is 0.254 e. The van der Waals surface area contributed by atoms with Crippen molar-refractivity contribution in [1.82, 2.24) is 9.80 Å². The topological polar surface area (TPSA) is 110 Å². The van der Waals surface area contributed by atoms with Crippen molar-refractivity contribution in [3.05, 3.63) is 155 Å². The van der Waals surface area contributed by atoms with Crippen LogP contribution in [0.2, 0.25) is 0 Å². The van der Waals surface area contributed by atoms with E-state index < -0.39 is 11.1 Å². The van der Waals surface area contributed by atoms with Crippen LogP contribution in [0.1, 0.15) is 64.0 Å². The minimum absolute atomic E-state index is 0.0152. The molecule has 6 atom stereocenters. The summed E-state index contributed by atoms with van der Waals surface area (Å²) in [7, 11) is 1.66. The van der Waals surface area contributed by atoms with Crippen molar-refractivity contribution in [2.24, 2.45) is 15.9 Å². The third kappa shape index (κ3) is 6.36. The SMILES string of the molecule is C=CCc1ccccc1C=O.CC1=NCC(=O)N2[C@@H](c3ccccc3)OC[C@@H]12.COC1=NC23Cc4ccccc4C[C@@H]2CC12CO[C@H](c1ccccc1)N2C3=O. The van der Waals surface area contributed by atoms with Crippen LogP contribution in [0, 0.1) is 5.92 Å². The minimum Gasteiger partial charge on any atom is -0.483 e. The van der Waals surface area contributed by atoms with E-state index in [-0.39, 0.29) is 42.8 Å². The zero-order valence-corrected chi connectivity index (χ0v) is 31.8. The van der Waals surface area contributed by atoms with E-state index in [1.165, 1.54) is 11.1 Å². The molecule has 0 radical (unpaired) electrons. The Morgan fingerprint density at radius 2 is 1.54 bits per heavy atom. The lowest BCUT2D eigenvalue weighted by molar-refractivity contribution is -0.157. The lowest BCUT2D eigenvalue weighted by Crippen LogP contribution is -2.74. The number of allylic oxidation sites excluding steroid dienone is 1. The van der Waals surface area contributed by atoms with E-state index in [2.05, 4.69) is 29.8 Å². The van der Waals surface area contributed by atoms with Gasteiger partial charge in [-0.05, 0) is 42.9 Å². The fourth-order valence-corrected chi connectivity index (χ4v) is 9.14. The summed E-state index contributed by atoms with van der Waals surface area (Å²) in [5, 5.41) is 0. The number of carbonyl (C=O) groups excluding carboxylic acids is 3. The molecule has 4 aromatic carbocycles. The summed E-state index contributed by atoms with van der Waals surface area (Å²) in [6.45, 7) is 6.79. The second-order valence-corrected chi connectivity index (χ2v) is 15.1. The van der Waals surface area contributed by atoms with Gasteiger partial charge in [-0.2, -0.15) is 0 Å². The number of benzene rings is 4. The van der Waals surface area contributed by atoms with Crippen molar-refractivity contribution < 1.29 is 28.6 Å². The maximum absolute atomic E-state index is 14.0. The van der Waals surface area contributed by atoms with Gasteiger partial charge >= 0.3 is 0 Å². The summed E-state index contributed by atoms with van der Waals surface area (Å²) in [5.74, 6) is 0.974. The highest BCUT2D eigenvalue weighted by Gasteiger charge is 2.70. The molecule has 3 fully saturated rings. The van der Waals surface area contributed by atoms with Crippen LogP contribution in [0.15, 0.2) is 132 Å². The maximum atomic E-state index is 14.0. The Hall–Kier alpha value is -5.71. The molecule has 6 aliphatic heterocycles. The first kappa shape index (κ1) is 37.2. The molecule has 2 unspecified atom stereocenters. The molecule has 1 aliphatic carbocycles. The molecular weight excluding hydrogens is 705 g/mol. The predicted octanol–water partition coefficient (Wildman–Crippen LogP) is 6.51. The van der Waals surface area contributed by atoms with Gasteiger partial charge in [-0.3, -0.25) is 24.3 Å². The number of piperidine rings is 1. The summed E-state index contributed by atoms with van der Waals surface area (Å²) in [6.07, 6.45) is 5.14. The van der Waals surface area contributed by atoms with Crippen LogP contribution in [0.5, 0.6) is 0 Å². The Labute approximate surface area is 327 Å². The monoisotopic (exact) mass is 750 g/mol. The number of fused-ring (bicyclic) bond motifs is 2. The number of aliphatic imine (C=N–C) groups is 2. The van der Waals surface area contributed by atoms with Crippen molar-refractivity contribution in [2.45, 2.75) is 62.2 Å². The van der Waals surface area contributed by atoms with Crippen LogP contribution in [-0.4, -0.2) is 83.5 Å². The molecule has 7 aliphatic rings. The Balaban J connectivity index is 0.000000134. The molecule has 6 heterocycles. The van der Waals surface area contributed by atoms with Gasteiger partial charge in [0.05, 0.1) is 26.4 Å². The van der Waals surface area contributed by atoms with Gasteiger partial charge in [-0.1, -0.05) is 115 Å². The van der Waals surface area contributed by atoms with Crippen molar-refractivity contribution >= 4 is 29.7 Å². The molecule has 56 heavy (non-hydrogen) atoms. The number of rotatable bonds is 5. The van der Waals surface area contributed by atoms with Gasteiger partial charge < -0.3 is 19.1 Å². The van der Waals surface area contributed by atoms with Crippen molar-refractivity contribution in [3.8, 4) is 0 Å². The fraction of sp³-hybridized carbons (Fsp3) is 0.326. The molecule has 10 heteroatoms. The average Bonchev–Trinajstić information content (AvgIpc) is 3.87. The first-order valence-electron chi connectivity index (χ1n) is 19.2. The van der Waals surface area contributed by atoms with Gasteiger partial charge in [-0.25, -0.2) is 4.99 Å². The summed E-state index contributed by atoms with van der Waals surface area (Å²) >= 11 is 0. The van der Waals surface area contributed by atoms with E-state index in [1.54, 1.807) is 13.2 Å². The Morgan fingerprint density at radius 3 is 2.23 bits per heavy atom. The van der Waals surface area contributed by atoms with Crippen LogP contribution in [-0.2, 0) is 43.1 Å². The number of ether oxygens (including phenoxy) is 3. The Morgan fingerprint density at radius 1 is 0.875 bits per heavy atom. The van der Waals surface area contributed by atoms with Crippen LogP contribution >= 0.6 is 0 Å². The zero-order valence-electron chi connectivity index (χ0n) is 31.8. The van der Waals surface area contributed by atoms with Gasteiger partial charge in [-0.15, -0.1) is 6.58 Å². The van der Waals surface area contributed by atoms with Crippen LogP contribution in [0.3, 0.4) is 0 Å². The summed E-state index contributed by atoms with van der Waals surface area (Å²) in [6, 6.07) is 35.8. The number of methoxy groups -OCH3 is 1. The second-order valence-electron chi connectivity index (χ2n) is 15.1. The highest BCUT2D eigenvalue weighted by molar-refractivity contribution is 6.04. The summed E-state index contributed by atoms with van der Waals surface area (Å²) in [4.78, 5) is 49.3. The van der Waals surface area contributed by atoms with Crippen LogP contribution < -0.4 is 0 Å². The third-order valence-corrected chi connectivity index (χ3v) is 11.9. The van der Waals surface area contributed by atoms with E-state index in [0.717, 1.165) is 53.5 Å². The number of carbonyl (C=O) groups is 3. The summed E-state index contributed by atoms with van der Waals surface area (Å²) in [5.41, 5.74) is 6.00. The molecule has 3 saturated heterocycles.